The molecule has 126 valence electrons. The number of rotatable bonds is 5. The van der Waals surface area contributed by atoms with E-state index in [-0.39, 0.29) is 18.4 Å². The van der Waals surface area contributed by atoms with Crippen molar-refractivity contribution in [1.29, 1.82) is 0 Å². The van der Waals surface area contributed by atoms with Crippen LogP contribution < -0.4 is 5.32 Å². The Hall–Kier alpha value is -1.88. The summed E-state index contributed by atoms with van der Waals surface area (Å²) in [6.07, 6.45) is 1.52. The van der Waals surface area contributed by atoms with Crippen molar-refractivity contribution in [2.24, 2.45) is 5.92 Å². The maximum atomic E-state index is 12.2. The number of carboxylic acids is 1. The summed E-state index contributed by atoms with van der Waals surface area (Å²) < 4.78 is 0. The van der Waals surface area contributed by atoms with E-state index in [0.717, 1.165) is 18.7 Å². The zero-order valence-electron chi connectivity index (χ0n) is 14.1. The molecule has 0 radical (unpaired) electrons. The molecule has 5 nitrogen and oxygen atoms in total. The number of nitrogens with zero attached hydrogens (tertiary/aromatic N) is 1. The van der Waals surface area contributed by atoms with Crippen LogP contribution in [0.3, 0.4) is 0 Å². The Morgan fingerprint density at radius 1 is 1.39 bits per heavy atom. The Bertz CT molecular complexity index is 584. The van der Waals surface area contributed by atoms with Crippen LogP contribution in [0.5, 0.6) is 0 Å². The second-order valence-corrected chi connectivity index (χ2v) is 6.69. The number of nitrogens with one attached hydrogen (secondary N) is 1. The van der Waals surface area contributed by atoms with Crippen molar-refractivity contribution in [2.45, 2.75) is 39.5 Å². The van der Waals surface area contributed by atoms with Crippen molar-refractivity contribution in [3.05, 3.63) is 29.3 Å². The smallest absolute Gasteiger partial charge is 0.307 e. The quantitative estimate of drug-likeness (QED) is 0.876. The lowest BCUT2D eigenvalue weighted by Gasteiger charge is -2.29. The van der Waals surface area contributed by atoms with E-state index in [1.807, 2.05) is 24.0 Å². The highest BCUT2D eigenvalue weighted by molar-refractivity contribution is 5.92. The molecular weight excluding hydrogens is 292 g/mol. The second kappa shape index (κ2) is 7.59. The van der Waals surface area contributed by atoms with Crippen LogP contribution in [0.25, 0.3) is 0 Å². The van der Waals surface area contributed by atoms with Crippen molar-refractivity contribution in [1.82, 2.24) is 4.90 Å². The molecule has 1 heterocycles. The second-order valence-electron chi connectivity index (χ2n) is 6.69. The topological polar surface area (TPSA) is 69.6 Å². The predicted octanol–water partition coefficient (Wildman–Crippen LogP) is 2.85. The number of anilines is 1. The molecule has 1 aromatic carbocycles. The van der Waals surface area contributed by atoms with Crippen molar-refractivity contribution in [2.75, 3.05) is 25.0 Å². The summed E-state index contributed by atoms with van der Waals surface area (Å²) in [5, 5.41) is 12.0. The number of carboxylic acid groups (broad SMARTS) is 1. The summed E-state index contributed by atoms with van der Waals surface area (Å²) in [7, 11) is 0. The van der Waals surface area contributed by atoms with Gasteiger partial charge in [0.2, 0.25) is 5.91 Å². The first-order valence-corrected chi connectivity index (χ1v) is 8.22. The number of aryl methyl sites for hydroxylation is 1. The molecule has 5 heteroatoms. The van der Waals surface area contributed by atoms with E-state index < -0.39 is 5.97 Å². The third kappa shape index (κ3) is 4.79. The summed E-state index contributed by atoms with van der Waals surface area (Å²) in [5.74, 6) is -0.757. The van der Waals surface area contributed by atoms with E-state index in [1.54, 1.807) is 0 Å². The molecule has 23 heavy (non-hydrogen) atoms. The van der Waals surface area contributed by atoms with Crippen LogP contribution in [0.2, 0.25) is 0 Å². The number of likely N-dealkylation sites (tertiary alicyclic amines) is 1. The molecule has 0 aliphatic carbocycles. The predicted molar refractivity (Wildman–Crippen MR) is 90.7 cm³/mol. The van der Waals surface area contributed by atoms with E-state index in [4.69, 9.17) is 5.11 Å². The highest BCUT2D eigenvalue weighted by atomic mass is 16.4. The van der Waals surface area contributed by atoms with Gasteiger partial charge in [0.15, 0.2) is 0 Å². The van der Waals surface area contributed by atoms with Gasteiger partial charge in [0, 0.05) is 12.2 Å². The molecule has 1 aliphatic heterocycles. The van der Waals surface area contributed by atoms with Crippen LogP contribution in [0.4, 0.5) is 5.69 Å². The number of amides is 1. The fraction of sp³-hybridized carbons (Fsp3) is 0.556. The van der Waals surface area contributed by atoms with Gasteiger partial charge < -0.3 is 10.4 Å². The molecule has 0 saturated carbocycles. The van der Waals surface area contributed by atoms with Crippen LogP contribution in [0.1, 0.15) is 43.7 Å². The summed E-state index contributed by atoms with van der Waals surface area (Å²) in [6.45, 7) is 7.82. The highest BCUT2D eigenvalue weighted by Crippen LogP contribution is 2.22. The van der Waals surface area contributed by atoms with Gasteiger partial charge in [-0.05, 0) is 55.5 Å². The fourth-order valence-electron chi connectivity index (χ4n) is 3.21. The van der Waals surface area contributed by atoms with E-state index >= 15 is 0 Å². The zero-order valence-corrected chi connectivity index (χ0v) is 14.1. The third-order valence-corrected chi connectivity index (χ3v) is 4.40. The summed E-state index contributed by atoms with van der Waals surface area (Å²) in [5.41, 5.74) is 3.24. The van der Waals surface area contributed by atoms with E-state index in [2.05, 4.69) is 25.2 Å². The van der Waals surface area contributed by atoms with Crippen LogP contribution in [0.15, 0.2) is 18.2 Å². The van der Waals surface area contributed by atoms with Gasteiger partial charge in [-0.25, -0.2) is 0 Å². The summed E-state index contributed by atoms with van der Waals surface area (Å²) in [4.78, 5) is 25.2. The maximum absolute atomic E-state index is 12.2. The average molecular weight is 318 g/mol. The molecular formula is C18H26N2O3. The third-order valence-electron chi connectivity index (χ3n) is 4.40. The largest absolute Gasteiger partial charge is 0.481 e. The minimum atomic E-state index is -0.769. The molecule has 1 fully saturated rings. The minimum Gasteiger partial charge on any atom is -0.481 e. The summed E-state index contributed by atoms with van der Waals surface area (Å²) in [6, 6.07) is 5.97. The monoisotopic (exact) mass is 318 g/mol. The SMILES string of the molecule is Cc1cc(NC(=O)CN2CCCC(C(=O)O)C2)ccc1C(C)C. The number of aliphatic carboxylic acids is 1. The lowest BCUT2D eigenvalue weighted by molar-refractivity contribution is -0.144. The molecule has 1 saturated heterocycles. The molecule has 2 rings (SSSR count). The Morgan fingerprint density at radius 3 is 2.74 bits per heavy atom. The first-order chi connectivity index (χ1) is 10.9. The van der Waals surface area contributed by atoms with Crippen molar-refractivity contribution in [3.63, 3.8) is 0 Å². The first-order valence-electron chi connectivity index (χ1n) is 8.22. The Morgan fingerprint density at radius 2 is 2.13 bits per heavy atom. The highest BCUT2D eigenvalue weighted by Gasteiger charge is 2.26. The average Bonchev–Trinajstić information content (AvgIpc) is 2.47. The van der Waals surface area contributed by atoms with Gasteiger partial charge in [-0.2, -0.15) is 0 Å². The van der Waals surface area contributed by atoms with Crippen LogP contribution in [0, 0.1) is 12.8 Å². The van der Waals surface area contributed by atoms with Crippen LogP contribution in [-0.2, 0) is 9.59 Å². The normalized spacial score (nSPS) is 18.9. The zero-order chi connectivity index (χ0) is 17.0. The first kappa shape index (κ1) is 17.5. The molecule has 1 aliphatic rings. The van der Waals surface area contributed by atoms with Gasteiger partial charge >= 0.3 is 5.97 Å². The van der Waals surface area contributed by atoms with Crippen LogP contribution >= 0.6 is 0 Å². The Kier molecular flexibility index (Phi) is 5.77. The molecule has 1 atom stereocenters. The number of piperidine rings is 1. The molecule has 0 bridgehead atoms. The van der Waals surface area contributed by atoms with Gasteiger partial charge in [0.05, 0.1) is 12.5 Å². The van der Waals surface area contributed by atoms with Gasteiger partial charge in [-0.3, -0.25) is 14.5 Å². The number of hydrogen-bond acceptors (Lipinski definition) is 3. The Labute approximate surface area is 137 Å². The van der Waals surface area contributed by atoms with Gasteiger partial charge in [0.1, 0.15) is 0 Å². The Balaban J connectivity index is 1.92. The molecule has 1 amide bonds. The van der Waals surface area contributed by atoms with Crippen molar-refractivity contribution < 1.29 is 14.7 Å². The van der Waals surface area contributed by atoms with Crippen LogP contribution in [-0.4, -0.2) is 41.5 Å². The molecule has 1 aromatic rings. The number of hydrogen-bond donors (Lipinski definition) is 2. The molecule has 2 N–H and O–H groups in total. The lowest BCUT2D eigenvalue weighted by Crippen LogP contribution is -2.42. The summed E-state index contributed by atoms with van der Waals surface area (Å²) >= 11 is 0. The van der Waals surface area contributed by atoms with Gasteiger partial charge in [-0.15, -0.1) is 0 Å². The standard InChI is InChI=1S/C18H26N2O3/c1-12(2)16-7-6-15(9-13(16)3)19-17(21)11-20-8-4-5-14(10-20)18(22)23/h6-7,9,12,14H,4-5,8,10-11H2,1-3H3,(H,19,21)(H,22,23). The molecule has 0 spiro atoms. The molecule has 1 unspecified atom stereocenters. The minimum absolute atomic E-state index is 0.0901. The lowest BCUT2D eigenvalue weighted by atomic mass is 9.97. The van der Waals surface area contributed by atoms with Gasteiger partial charge in [0.25, 0.3) is 0 Å². The van der Waals surface area contributed by atoms with E-state index in [0.29, 0.717) is 18.9 Å². The van der Waals surface area contributed by atoms with E-state index in [9.17, 15) is 9.59 Å². The number of carbonyl (C=O) groups excluding carboxylic acids is 1. The number of benzene rings is 1. The van der Waals surface area contributed by atoms with Crippen molar-refractivity contribution >= 4 is 17.6 Å². The van der Waals surface area contributed by atoms with Gasteiger partial charge in [-0.1, -0.05) is 19.9 Å². The maximum Gasteiger partial charge on any atom is 0.307 e. The fourth-order valence-corrected chi connectivity index (χ4v) is 3.21. The van der Waals surface area contributed by atoms with Crippen molar-refractivity contribution in [3.8, 4) is 0 Å². The number of carbonyl (C=O) groups is 2. The van der Waals surface area contributed by atoms with E-state index in [1.165, 1.54) is 11.1 Å². The molecule has 0 aromatic heterocycles.